The molecule has 0 bridgehead atoms. The Bertz CT molecular complexity index is 880. The Kier molecular flexibility index (Phi) is 4.64. The van der Waals surface area contributed by atoms with Crippen molar-refractivity contribution in [2.24, 2.45) is 0 Å². The van der Waals surface area contributed by atoms with E-state index >= 15 is 0 Å². The topological polar surface area (TPSA) is 102 Å². The molecule has 3 aromatic rings. The quantitative estimate of drug-likeness (QED) is 0.560. The van der Waals surface area contributed by atoms with E-state index in [0.717, 1.165) is 16.7 Å². The molecule has 1 heterocycles. The number of hydrogen-bond acceptors (Lipinski definition) is 6. The maximum absolute atomic E-state index is 9.20. The van der Waals surface area contributed by atoms with Gasteiger partial charge in [0.15, 0.2) is 5.16 Å². The van der Waals surface area contributed by atoms with Gasteiger partial charge in [-0.05, 0) is 22.8 Å². The molecule has 2 aromatic carbocycles. The van der Waals surface area contributed by atoms with Crippen molar-refractivity contribution in [1.29, 1.82) is 5.26 Å². The van der Waals surface area contributed by atoms with Crippen LogP contribution in [0, 0.1) is 11.3 Å². The van der Waals surface area contributed by atoms with Crippen molar-refractivity contribution in [3.63, 3.8) is 0 Å². The first-order chi connectivity index (χ1) is 11.7. The largest absolute Gasteiger partial charge is 0.383 e. The number of anilines is 2. The Labute approximate surface area is 144 Å². The molecule has 24 heavy (non-hydrogen) atoms. The lowest BCUT2D eigenvalue weighted by Gasteiger charge is -2.06. The van der Waals surface area contributed by atoms with Gasteiger partial charge in [0.1, 0.15) is 11.6 Å². The van der Waals surface area contributed by atoms with Crippen molar-refractivity contribution in [1.82, 2.24) is 9.97 Å². The minimum absolute atomic E-state index is 0.369. The third-order valence-corrected chi connectivity index (χ3v) is 4.34. The number of nitrogen functional groups attached to an aromatic ring is 2. The fourth-order valence-electron chi connectivity index (χ4n) is 2.29. The van der Waals surface area contributed by atoms with E-state index in [4.69, 9.17) is 11.5 Å². The molecule has 118 valence electrons. The predicted octanol–water partition coefficient (Wildman–Crippen LogP) is 3.47. The van der Waals surface area contributed by atoms with Crippen LogP contribution in [0.2, 0.25) is 0 Å². The highest BCUT2D eigenvalue weighted by Crippen LogP contribution is 2.26. The van der Waals surface area contributed by atoms with Crippen LogP contribution in [-0.4, -0.2) is 9.97 Å². The van der Waals surface area contributed by atoms with Crippen molar-refractivity contribution in [3.05, 3.63) is 65.7 Å². The molecule has 0 aliphatic heterocycles. The summed E-state index contributed by atoms with van der Waals surface area (Å²) in [5, 5.41) is 9.76. The number of nitriles is 1. The van der Waals surface area contributed by atoms with Gasteiger partial charge in [0.05, 0.1) is 11.6 Å². The van der Waals surface area contributed by atoms with Crippen LogP contribution < -0.4 is 11.5 Å². The second-order valence-electron chi connectivity index (χ2n) is 5.14. The molecule has 1 aromatic heterocycles. The normalized spacial score (nSPS) is 10.3. The SMILES string of the molecule is N#Cc1ccccc1-c1ccc(CSc2nc(N)cc(N)n2)cc1. The number of nitrogens with two attached hydrogens (primary N) is 2. The van der Waals surface area contributed by atoms with Crippen LogP contribution >= 0.6 is 11.8 Å². The van der Waals surface area contributed by atoms with Gasteiger partial charge in [-0.1, -0.05) is 54.2 Å². The van der Waals surface area contributed by atoms with Crippen LogP contribution in [0.1, 0.15) is 11.1 Å². The van der Waals surface area contributed by atoms with E-state index in [9.17, 15) is 5.26 Å². The molecular formula is C18H15N5S. The van der Waals surface area contributed by atoms with Gasteiger partial charge in [-0.2, -0.15) is 5.26 Å². The zero-order valence-electron chi connectivity index (χ0n) is 12.8. The maximum Gasteiger partial charge on any atom is 0.191 e. The summed E-state index contributed by atoms with van der Waals surface area (Å²) in [4.78, 5) is 8.30. The zero-order chi connectivity index (χ0) is 16.9. The van der Waals surface area contributed by atoms with Crippen molar-refractivity contribution in [2.75, 3.05) is 11.5 Å². The van der Waals surface area contributed by atoms with E-state index in [1.54, 1.807) is 0 Å². The Hall–Kier alpha value is -3.04. The maximum atomic E-state index is 9.20. The van der Waals surface area contributed by atoms with Crippen LogP contribution in [0.15, 0.2) is 59.8 Å². The average Bonchev–Trinajstić information content (AvgIpc) is 2.59. The molecule has 0 radical (unpaired) electrons. The molecule has 0 unspecified atom stereocenters. The Morgan fingerprint density at radius 2 is 1.62 bits per heavy atom. The summed E-state index contributed by atoms with van der Waals surface area (Å²) in [5.74, 6) is 1.45. The van der Waals surface area contributed by atoms with Crippen molar-refractivity contribution in [2.45, 2.75) is 10.9 Å². The third kappa shape index (κ3) is 3.65. The van der Waals surface area contributed by atoms with E-state index in [-0.39, 0.29) is 0 Å². The summed E-state index contributed by atoms with van der Waals surface area (Å²) in [7, 11) is 0. The number of nitrogens with zero attached hydrogens (tertiary/aromatic N) is 3. The van der Waals surface area contributed by atoms with Gasteiger partial charge in [0, 0.05) is 11.8 Å². The summed E-state index contributed by atoms with van der Waals surface area (Å²) < 4.78 is 0. The van der Waals surface area contributed by atoms with Crippen LogP contribution in [0.5, 0.6) is 0 Å². The summed E-state index contributed by atoms with van der Waals surface area (Å²) in [6.45, 7) is 0. The highest BCUT2D eigenvalue weighted by Gasteiger charge is 2.05. The van der Waals surface area contributed by atoms with Gasteiger partial charge in [-0.15, -0.1) is 0 Å². The Balaban J connectivity index is 1.74. The lowest BCUT2D eigenvalue weighted by molar-refractivity contribution is 0.984. The highest BCUT2D eigenvalue weighted by atomic mass is 32.2. The Morgan fingerprint density at radius 1 is 0.958 bits per heavy atom. The first kappa shape index (κ1) is 15.8. The van der Waals surface area contributed by atoms with E-state index in [2.05, 4.69) is 16.0 Å². The summed E-state index contributed by atoms with van der Waals surface area (Å²) in [6.07, 6.45) is 0. The molecule has 0 atom stereocenters. The molecule has 4 N–H and O–H groups in total. The molecular weight excluding hydrogens is 318 g/mol. The summed E-state index contributed by atoms with van der Waals surface area (Å²) in [6, 6.07) is 19.4. The second kappa shape index (κ2) is 7.02. The summed E-state index contributed by atoms with van der Waals surface area (Å²) in [5.41, 5.74) is 15.1. The van der Waals surface area contributed by atoms with E-state index in [1.807, 2.05) is 48.5 Å². The minimum Gasteiger partial charge on any atom is -0.383 e. The molecule has 0 fully saturated rings. The third-order valence-electron chi connectivity index (χ3n) is 3.43. The van der Waals surface area contributed by atoms with Crippen LogP contribution in [0.25, 0.3) is 11.1 Å². The standard InChI is InChI=1S/C18H15N5S/c19-10-14-3-1-2-4-15(14)13-7-5-12(6-8-13)11-24-18-22-16(20)9-17(21)23-18/h1-9H,11H2,(H4,20,21,22,23). The van der Waals surface area contributed by atoms with E-state index < -0.39 is 0 Å². The first-order valence-electron chi connectivity index (χ1n) is 7.27. The Morgan fingerprint density at radius 3 is 2.29 bits per heavy atom. The molecule has 5 nitrogen and oxygen atoms in total. The monoisotopic (exact) mass is 333 g/mol. The number of aromatic nitrogens is 2. The average molecular weight is 333 g/mol. The van der Waals surface area contributed by atoms with Crippen LogP contribution in [0.4, 0.5) is 11.6 Å². The fourth-order valence-corrected chi connectivity index (χ4v) is 3.12. The van der Waals surface area contributed by atoms with Gasteiger partial charge < -0.3 is 11.5 Å². The molecule has 0 aliphatic carbocycles. The van der Waals surface area contributed by atoms with Crippen LogP contribution in [-0.2, 0) is 5.75 Å². The second-order valence-corrected chi connectivity index (χ2v) is 6.09. The minimum atomic E-state index is 0.369. The van der Waals surface area contributed by atoms with Gasteiger partial charge in [-0.3, -0.25) is 0 Å². The number of hydrogen-bond donors (Lipinski definition) is 2. The predicted molar refractivity (Wildman–Crippen MR) is 97.0 cm³/mol. The van der Waals surface area contributed by atoms with Crippen molar-refractivity contribution in [3.8, 4) is 17.2 Å². The molecule has 6 heteroatoms. The molecule has 0 aliphatic rings. The van der Waals surface area contributed by atoms with Crippen LogP contribution in [0.3, 0.4) is 0 Å². The van der Waals surface area contributed by atoms with E-state index in [1.165, 1.54) is 17.8 Å². The smallest absolute Gasteiger partial charge is 0.191 e. The first-order valence-corrected chi connectivity index (χ1v) is 8.25. The molecule has 0 spiro atoms. The lowest BCUT2D eigenvalue weighted by atomic mass is 10.00. The number of thioether (sulfide) groups is 1. The van der Waals surface area contributed by atoms with Gasteiger partial charge in [0.25, 0.3) is 0 Å². The zero-order valence-corrected chi connectivity index (χ0v) is 13.6. The van der Waals surface area contributed by atoms with Crippen molar-refractivity contribution >= 4 is 23.4 Å². The highest BCUT2D eigenvalue weighted by molar-refractivity contribution is 7.98. The molecule has 3 rings (SSSR count). The van der Waals surface area contributed by atoms with E-state index in [0.29, 0.717) is 28.1 Å². The van der Waals surface area contributed by atoms with Gasteiger partial charge in [-0.25, -0.2) is 9.97 Å². The van der Waals surface area contributed by atoms with Crippen molar-refractivity contribution < 1.29 is 0 Å². The molecule has 0 saturated carbocycles. The summed E-state index contributed by atoms with van der Waals surface area (Å²) >= 11 is 1.48. The lowest BCUT2D eigenvalue weighted by Crippen LogP contribution is -1.99. The number of benzene rings is 2. The fraction of sp³-hybridized carbons (Fsp3) is 0.0556. The number of rotatable bonds is 4. The van der Waals surface area contributed by atoms with Gasteiger partial charge >= 0.3 is 0 Å². The van der Waals surface area contributed by atoms with Gasteiger partial charge in [0.2, 0.25) is 0 Å². The molecule has 0 saturated heterocycles. The molecule has 0 amide bonds.